The lowest BCUT2D eigenvalue weighted by molar-refractivity contribution is 0.279. The fraction of sp³-hybridized carbons (Fsp3) is 0.227. The molecule has 0 amide bonds. The first-order valence-corrected chi connectivity index (χ1v) is 9.41. The summed E-state index contributed by atoms with van der Waals surface area (Å²) in [7, 11) is 1.52. The molecule has 2 aromatic carbocycles. The predicted octanol–water partition coefficient (Wildman–Crippen LogP) is 4.07. The number of H-pyrrole nitrogens is 1. The van der Waals surface area contributed by atoms with Crippen molar-refractivity contribution >= 4 is 12.2 Å². The molecule has 0 aliphatic heterocycles. The number of nitrogens with zero attached hydrogens (tertiary/aromatic N) is 2. The van der Waals surface area contributed by atoms with Crippen molar-refractivity contribution in [2.75, 3.05) is 12.5 Å². The molecule has 0 saturated heterocycles. The van der Waals surface area contributed by atoms with Gasteiger partial charge < -0.3 is 9.47 Å². The summed E-state index contributed by atoms with van der Waals surface area (Å²) in [5, 5.41) is 4.11. The summed E-state index contributed by atoms with van der Waals surface area (Å²) in [4.78, 5) is 18.6. The second-order valence-corrected chi connectivity index (χ2v) is 6.83. The van der Waals surface area contributed by atoms with Crippen molar-refractivity contribution in [2.24, 2.45) is 5.10 Å². The van der Waals surface area contributed by atoms with Crippen molar-refractivity contribution in [3.63, 3.8) is 0 Å². The van der Waals surface area contributed by atoms with Gasteiger partial charge in [0.2, 0.25) is 5.95 Å². The number of ether oxygens (including phenoxy) is 2. The highest BCUT2D eigenvalue weighted by Crippen LogP contribution is 2.28. The summed E-state index contributed by atoms with van der Waals surface area (Å²) in [6, 6.07) is 13.2. The number of hydrogen-bond acceptors (Lipinski definition) is 6. The second kappa shape index (κ2) is 9.69. The van der Waals surface area contributed by atoms with Gasteiger partial charge in [0, 0.05) is 11.6 Å². The van der Waals surface area contributed by atoms with Crippen LogP contribution in [0.2, 0.25) is 0 Å². The van der Waals surface area contributed by atoms with Gasteiger partial charge in [-0.1, -0.05) is 32.0 Å². The zero-order valence-electron chi connectivity index (χ0n) is 17.0. The van der Waals surface area contributed by atoms with E-state index in [-0.39, 0.29) is 29.8 Å². The molecule has 0 unspecified atom stereocenters. The van der Waals surface area contributed by atoms with Crippen LogP contribution in [0.4, 0.5) is 10.3 Å². The number of aromatic amines is 1. The molecule has 3 aromatic rings. The van der Waals surface area contributed by atoms with E-state index in [0.717, 1.165) is 5.56 Å². The van der Waals surface area contributed by atoms with E-state index in [1.807, 2.05) is 13.8 Å². The van der Waals surface area contributed by atoms with Crippen LogP contribution >= 0.6 is 0 Å². The Balaban J connectivity index is 1.69. The summed E-state index contributed by atoms with van der Waals surface area (Å²) in [6.07, 6.45) is 1.56. The van der Waals surface area contributed by atoms with E-state index in [1.54, 1.807) is 42.6 Å². The Morgan fingerprint density at radius 3 is 2.73 bits per heavy atom. The molecule has 30 heavy (non-hydrogen) atoms. The third-order valence-electron chi connectivity index (χ3n) is 4.27. The minimum atomic E-state index is -0.320. The van der Waals surface area contributed by atoms with Crippen molar-refractivity contribution in [1.82, 2.24) is 9.97 Å². The lowest BCUT2D eigenvalue weighted by atomic mass is 10.1. The number of benzene rings is 2. The van der Waals surface area contributed by atoms with Crippen LogP contribution in [0.5, 0.6) is 11.5 Å². The van der Waals surface area contributed by atoms with Gasteiger partial charge in [-0.2, -0.15) is 5.10 Å². The maximum Gasteiger partial charge on any atom is 0.252 e. The molecule has 0 aliphatic rings. The monoisotopic (exact) mass is 410 g/mol. The van der Waals surface area contributed by atoms with E-state index >= 15 is 0 Å². The summed E-state index contributed by atoms with van der Waals surface area (Å²) < 4.78 is 24.8. The maximum atomic E-state index is 13.7. The Morgan fingerprint density at radius 2 is 2.00 bits per heavy atom. The fourth-order valence-corrected chi connectivity index (χ4v) is 2.65. The molecule has 8 heteroatoms. The minimum absolute atomic E-state index is 0.0866. The van der Waals surface area contributed by atoms with Crippen LogP contribution in [-0.4, -0.2) is 23.3 Å². The molecule has 0 spiro atoms. The Morgan fingerprint density at radius 1 is 1.20 bits per heavy atom. The number of aromatic nitrogens is 2. The van der Waals surface area contributed by atoms with Crippen LogP contribution < -0.4 is 20.5 Å². The van der Waals surface area contributed by atoms with Crippen molar-refractivity contribution in [3.8, 4) is 11.5 Å². The average molecular weight is 410 g/mol. The number of methoxy groups -OCH3 is 1. The molecule has 0 atom stereocenters. The van der Waals surface area contributed by atoms with Gasteiger partial charge in [0.05, 0.1) is 19.0 Å². The standard InChI is InChI=1S/C22H23FN4O3/c1-14(2)18-11-21(28)26-22(25-18)27-24-12-15-8-9-19(20(10-15)29-3)30-13-16-6-4-5-7-17(16)23/h4-12,14H,13H2,1-3H3,(H2,25,26,27,28)/b24-12-. The van der Waals surface area contributed by atoms with Crippen molar-refractivity contribution in [3.05, 3.63) is 81.5 Å². The summed E-state index contributed by atoms with van der Waals surface area (Å²) >= 11 is 0. The molecule has 1 heterocycles. The van der Waals surface area contributed by atoms with E-state index in [4.69, 9.17) is 9.47 Å². The SMILES string of the molecule is COc1cc(/C=N\Nc2nc(C(C)C)cc(=O)[nH]2)ccc1OCc1ccccc1F. The Bertz CT molecular complexity index is 1100. The predicted molar refractivity (Wildman–Crippen MR) is 114 cm³/mol. The van der Waals surface area contributed by atoms with Gasteiger partial charge in [-0.3, -0.25) is 9.78 Å². The topological polar surface area (TPSA) is 88.6 Å². The van der Waals surface area contributed by atoms with Crippen LogP contribution in [0.3, 0.4) is 0 Å². The highest BCUT2D eigenvalue weighted by atomic mass is 19.1. The number of nitrogens with one attached hydrogen (secondary N) is 2. The molecule has 2 N–H and O–H groups in total. The molecule has 7 nitrogen and oxygen atoms in total. The summed E-state index contributed by atoms with van der Waals surface area (Å²) in [6.45, 7) is 4.00. The maximum absolute atomic E-state index is 13.7. The molecule has 0 fully saturated rings. The Kier molecular flexibility index (Phi) is 6.79. The van der Waals surface area contributed by atoms with E-state index in [9.17, 15) is 9.18 Å². The number of hydrazone groups is 1. The molecule has 0 aliphatic carbocycles. The molecular formula is C22H23FN4O3. The third kappa shape index (κ3) is 5.44. The zero-order valence-corrected chi connectivity index (χ0v) is 17.0. The fourth-order valence-electron chi connectivity index (χ4n) is 2.65. The second-order valence-electron chi connectivity index (χ2n) is 6.83. The number of halogens is 1. The molecule has 1 aromatic heterocycles. The lowest BCUT2D eigenvalue weighted by Gasteiger charge is -2.11. The minimum Gasteiger partial charge on any atom is -0.493 e. The van der Waals surface area contributed by atoms with Crippen LogP contribution in [0.15, 0.2) is 58.4 Å². The highest BCUT2D eigenvalue weighted by molar-refractivity contribution is 5.81. The van der Waals surface area contributed by atoms with Gasteiger partial charge in [0.15, 0.2) is 11.5 Å². The first-order chi connectivity index (χ1) is 14.5. The number of anilines is 1. The molecule has 0 bridgehead atoms. The van der Waals surface area contributed by atoms with Gasteiger partial charge in [-0.05, 0) is 35.7 Å². The molecular weight excluding hydrogens is 387 g/mol. The van der Waals surface area contributed by atoms with Crippen LogP contribution in [-0.2, 0) is 6.61 Å². The first-order valence-electron chi connectivity index (χ1n) is 9.41. The van der Waals surface area contributed by atoms with Gasteiger partial charge in [-0.25, -0.2) is 14.8 Å². The summed E-state index contributed by atoms with van der Waals surface area (Å²) in [5.74, 6) is 1.04. The average Bonchev–Trinajstić information content (AvgIpc) is 2.73. The van der Waals surface area contributed by atoms with E-state index < -0.39 is 0 Å². The van der Waals surface area contributed by atoms with E-state index in [0.29, 0.717) is 22.8 Å². The number of rotatable bonds is 8. The van der Waals surface area contributed by atoms with Crippen LogP contribution in [0.1, 0.15) is 36.6 Å². The van der Waals surface area contributed by atoms with Crippen LogP contribution in [0, 0.1) is 5.82 Å². The van der Waals surface area contributed by atoms with Crippen LogP contribution in [0.25, 0.3) is 0 Å². The zero-order chi connectivity index (χ0) is 21.5. The van der Waals surface area contributed by atoms with Gasteiger partial charge >= 0.3 is 0 Å². The molecule has 0 saturated carbocycles. The first kappa shape index (κ1) is 21.0. The number of hydrogen-bond donors (Lipinski definition) is 2. The van der Waals surface area contributed by atoms with Gasteiger partial charge in [0.25, 0.3) is 5.56 Å². The Hall–Kier alpha value is -3.68. The van der Waals surface area contributed by atoms with E-state index in [1.165, 1.54) is 19.2 Å². The largest absolute Gasteiger partial charge is 0.493 e. The van der Waals surface area contributed by atoms with E-state index in [2.05, 4.69) is 20.5 Å². The molecule has 0 radical (unpaired) electrons. The molecule has 156 valence electrons. The van der Waals surface area contributed by atoms with Crippen molar-refractivity contribution < 1.29 is 13.9 Å². The smallest absolute Gasteiger partial charge is 0.252 e. The normalized spacial score (nSPS) is 11.1. The van der Waals surface area contributed by atoms with Crippen molar-refractivity contribution in [1.29, 1.82) is 0 Å². The quantitative estimate of drug-likeness (QED) is 0.432. The molecule has 3 rings (SSSR count). The lowest BCUT2D eigenvalue weighted by Crippen LogP contribution is -2.12. The summed E-state index contributed by atoms with van der Waals surface area (Å²) in [5.41, 5.74) is 4.35. The Labute approximate surface area is 173 Å². The highest BCUT2D eigenvalue weighted by Gasteiger charge is 2.08. The third-order valence-corrected chi connectivity index (χ3v) is 4.27. The van der Waals surface area contributed by atoms with Gasteiger partial charge in [-0.15, -0.1) is 0 Å². The van der Waals surface area contributed by atoms with Crippen molar-refractivity contribution in [2.45, 2.75) is 26.4 Å². The van der Waals surface area contributed by atoms with Gasteiger partial charge in [0.1, 0.15) is 12.4 Å².